The molecule has 0 aliphatic carbocycles. The van der Waals surface area contributed by atoms with Crippen molar-refractivity contribution in [2.24, 2.45) is 0 Å². The van der Waals surface area contributed by atoms with Crippen LogP contribution in [0.1, 0.15) is 24.5 Å². The topological polar surface area (TPSA) is 26.3 Å². The summed E-state index contributed by atoms with van der Waals surface area (Å²) in [5, 5.41) is 0.245. The zero-order valence-corrected chi connectivity index (χ0v) is 11.1. The molecule has 1 atom stereocenters. The summed E-state index contributed by atoms with van der Waals surface area (Å²) in [5.74, 6) is -0.149. The zero-order valence-electron chi connectivity index (χ0n) is 10.2. The molecule has 1 rings (SSSR count). The summed E-state index contributed by atoms with van der Waals surface area (Å²) in [6.07, 6.45) is 0.452. The van der Waals surface area contributed by atoms with Gasteiger partial charge in [0.25, 0.3) is 0 Å². The van der Waals surface area contributed by atoms with E-state index in [1.54, 1.807) is 11.8 Å². The van der Waals surface area contributed by atoms with Crippen LogP contribution >= 0.6 is 11.8 Å². The van der Waals surface area contributed by atoms with Crippen molar-refractivity contribution in [2.75, 3.05) is 7.11 Å². The number of carbonyl (C=O) groups excluding carboxylic acids is 1. The molecule has 1 aromatic carbocycles. The van der Waals surface area contributed by atoms with Gasteiger partial charge in [0.2, 0.25) is 0 Å². The van der Waals surface area contributed by atoms with Crippen LogP contribution in [0, 0.1) is 13.8 Å². The second kappa shape index (κ2) is 5.94. The zero-order chi connectivity index (χ0) is 12.1. The fraction of sp³-hybridized carbons (Fsp3) is 0.462. The van der Waals surface area contributed by atoms with Crippen LogP contribution in [0.3, 0.4) is 0 Å². The van der Waals surface area contributed by atoms with Gasteiger partial charge in [-0.05, 0) is 37.1 Å². The Balaban J connectivity index is 2.59. The Kier molecular flexibility index (Phi) is 4.87. The van der Waals surface area contributed by atoms with Crippen LogP contribution in [0.4, 0.5) is 0 Å². The van der Waals surface area contributed by atoms with Crippen LogP contribution in [0.15, 0.2) is 23.1 Å². The van der Waals surface area contributed by atoms with Crippen molar-refractivity contribution < 1.29 is 9.53 Å². The largest absolute Gasteiger partial charge is 0.469 e. The molecule has 0 aliphatic rings. The molecule has 1 aromatic rings. The molecule has 0 N–H and O–H groups in total. The lowest BCUT2D eigenvalue weighted by molar-refractivity contribution is -0.140. The normalized spacial score (nSPS) is 12.2. The highest BCUT2D eigenvalue weighted by Crippen LogP contribution is 2.26. The maximum atomic E-state index is 11.1. The van der Waals surface area contributed by atoms with Gasteiger partial charge in [-0.25, -0.2) is 0 Å². The molecule has 1 unspecified atom stereocenters. The van der Waals surface area contributed by atoms with E-state index in [1.807, 2.05) is 6.92 Å². The number of thioether (sulfide) groups is 1. The number of hydrogen-bond donors (Lipinski definition) is 0. The first-order valence-electron chi connectivity index (χ1n) is 5.33. The minimum absolute atomic E-state index is 0.149. The number of benzene rings is 1. The molecule has 0 amide bonds. The summed E-state index contributed by atoms with van der Waals surface area (Å²) in [5.41, 5.74) is 2.58. The molecule has 2 nitrogen and oxygen atoms in total. The maximum Gasteiger partial charge on any atom is 0.306 e. The quantitative estimate of drug-likeness (QED) is 0.594. The van der Waals surface area contributed by atoms with Crippen molar-refractivity contribution in [1.29, 1.82) is 0 Å². The highest BCUT2D eigenvalue weighted by Gasteiger charge is 2.10. The van der Waals surface area contributed by atoms with Crippen LogP contribution < -0.4 is 0 Å². The smallest absolute Gasteiger partial charge is 0.306 e. The van der Waals surface area contributed by atoms with Crippen LogP contribution in [-0.4, -0.2) is 18.3 Å². The third-order valence-electron chi connectivity index (χ3n) is 2.50. The maximum absolute atomic E-state index is 11.1. The molecule has 0 bridgehead atoms. The SMILES string of the molecule is COC(=O)CC(C)Sc1ccc(C)c(C)c1. The Morgan fingerprint density at radius 2 is 2.06 bits per heavy atom. The van der Waals surface area contributed by atoms with E-state index in [-0.39, 0.29) is 11.2 Å². The minimum Gasteiger partial charge on any atom is -0.469 e. The molecule has 0 radical (unpaired) electrons. The van der Waals surface area contributed by atoms with Gasteiger partial charge >= 0.3 is 5.97 Å². The van der Waals surface area contributed by atoms with E-state index < -0.39 is 0 Å². The third-order valence-corrected chi connectivity index (χ3v) is 3.59. The summed E-state index contributed by atoms with van der Waals surface area (Å²) in [6, 6.07) is 6.37. The lowest BCUT2D eigenvalue weighted by Crippen LogP contribution is -2.08. The number of methoxy groups -OCH3 is 1. The predicted molar refractivity (Wildman–Crippen MR) is 67.9 cm³/mol. The summed E-state index contributed by atoms with van der Waals surface area (Å²) >= 11 is 1.71. The molecule has 88 valence electrons. The average molecular weight is 238 g/mol. The highest BCUT2D eigenvalue weighted by atomic mass is 32.2. The number of rotatable bonds is 4. The van der Waals surface area contributed by atoms with Crippen molar-refractivity contribution in [1.82, 2.24) is 0 Å². The van der Waals surface area contributed by atoms with E-state index in [4.69, 9.17) is 0 Å². The fourth-order valence-corrected chi connectivity index (χ4v) is 2.45. The molecule has 0 heterocycles. The molecule has 0 fully saturated rings. The Morgan fingerprint density at radius 1 is 1.38 bits per heavy atom. The first-order chi connectivity index (χ1) is 7.52. The van der Waals surface area contributed by atoms with E-state index in [9.17, 15) is 4.79 Å². The van der Waals surface area contributed by atoms with Gasteiger partial charge in [0.1, 0.15) is 0 Å². The molecular weight excluding hydrogens is 220 g/mol. The Bertz CT molecular complexity index is 374. The summed E-state index contributed by atoms with van der Waals surface area (Å²) < 4.78 is 4.65. The van der Waals surface area contributed by atoms with Crippen molar-refractivity contribution in [3.63, 3.8) is 0 Å². The van der Waals surface area contributed by atoms with Gasteiger partial charge < -0.3 is 4.74 Å². The molecule has 0 aromatic heterocycles. The van der Waals surface area contributed by atoms with E-state index in [0.29, 0.717) is 6.42 Å². The summed E-state index contributed by atoms with van der Waals surface area (Å²) in [6.45, 7) is 6.24. The molecule has 0 aliphatic heterocycles. The number of esters is 1. The van der Waals surface area contributed by atoms with Gasteiger partial charge in [0.15, 0.2) is 0 Å². The average Bonchev–Trinajstić information content (AvgIpc) is 2.23. The van der Waals surface area contributed by atoms with Gasteiger partial charge in [-0.2, -0.15) is 0 Å². The van der Waals surface area contributed by atoms with Gasteiger partial charge in [0, 0.05) is 10.1 Å². The van der Waals surface area contributed by atoms with Crippen LogP contribution in [0.5, 0.6) is 0 Å². The molecule has 0 saturated heterocycles. The van der Waals surface area contributed by atoms with Crippen LogP contribution in [-0.2, 0) is 9.53 Å². The van der Waals surface area contributed by atoms with Gasteiger partial charge in [-0.1, -0.05) is 13.0 Å². The van der Waals surface area contributed by atoms with Crippen molar-refractivity contribution in [2.45, 2.75) is 37.3 Å². The lowest BCUT2D eigenvalue weighted by atomic mass is 10.1. The van der Waals surface area contributed by atoms with Crippen LogP contribution in [0.25, 0.3) is 0 Å². The van der Waals surface area contributed by atoms with Crippen molar-refractivity contribution in [3.8, 4) is 0 Å². The molecule has 0 saturated carbocycles. The first kappa shape index (κ1) is 13.1. The first-order valence-corrected chi connectivity index (χ1v) is 6.21. The second-order valence-corrected chi connectivity index (χ2v) is 5.47. The lowest BCUT2D eigenvalue weighted by Gasteiger charge is -2.10. The van der Waals surface area contributed by atoms with E-state index >= 15 is 0 Å². The van der Waals surface area contributed by atoms with E-state index in [0.717, 1.165) is 0 Å². The molecule has 3 heteroatoms. The Hall–Kier alpha value is -0.960. The Labute approximate surface area is 101 Å². The molecule has 0 spiro atoms. The van der Waals surface area contributed by atoms with Gasteiger partial charge in [-0.3, -0.25) is 4.79 Å². The van der Waals surface area contributed by atoms with Gasteiger partial charge in [-0.15, -0.1) is 11.8 Å². The third kappa shape index (κ3) is 3.89. The van der Waals surface area contributed by atoms with Crippen molar-refractivity contribution in [3.05, 3.63) is 29.3 Å². The number of aryl methyl sites for hydroxylation is 2. The number of ether oxygens (including phenoxy) is 1. The highest BCUT2D eigenvalue weighted by molar-refractivity contribution is 8.00. The Morgan fingerprint density at radius 3 is 2.62 bits per heavy atom. The number of hydrogen-bond acceptors (Lipinski definition) is 3. The van der Waals surface area contributed by atoms with Crippen molar-refractivity contribution >= 4 is 17.7 Å². The van der Waals surface area contributed by atoms with E-state index in [2.05, 4.69) is 36.8 Å². The standard InChI is InChI=1S/C13H18O2S/c1-9-5-6-12(7-10(9)2)16-11(3)8-13(14)15-4/h5-7,11H,8H2,1-4H3. The number of carbonyl (C=O) groups is 1. The second-order valence-electron chi connectivity index (χ2n) is 3.95. The monoisotopic (exact) mass is 238 g/mol. The van der Waals surface area contributed by atoms with Gasteiger partial charge in [0.05, 0.1) is 13.5 Å². The van der Waals surface area contributed by atoms with Crippen LogP contribution in [0.2, 0.25) is 0 Å². The van der Waals surface area contributed by atoms with E-state index in [1.165, 1.54) is 23.1 Å². The summed E-state index contributed by atoms with van der Waals surface area (Å²) in [4.78, 5) is 12.3. The minimum atomic E-state index is -0.149. The molecular formula is C13H18O2S. The fourth-order valence-electron chi connectivity index (χ4n) is 1.38. The molecule has 16 heavy (non-hydrogen) atoms. The predicted octanol–water partition coefficient (Wildman–Crippen LogP) is 3.35. The summed E-state index contributed by atoms with van der Waals surface area (Å²) in [7, 11) is 1.43.